The smallest absolute Gasteiger partial charge is 0.0395 e. The molecule has 0 aliphatic carbocycles. The Morgan fingerprint density at radius 3 is 2.62 bits per heavy atom. The van der Waals surface area contributed by atoms with Crippen LogP contribution < -0.4 is 5.73 Å². The van der Waals surface area contributed by atoms with Crippen molar-refractivity contribution in [3.05, 3.63) is 27.8 Å². The summed E-state index contributed by atoms with van der Waals surface area (Å²) in [5.74, 6) is 0. The van der Waals surface area contributed by atoms with Gasteiger partial charge in [-0.2, -0.15) is 0 Å². The number of rotatable bonds is 0. The summed E-state index contributed by atoms with van der Waals surface area (Å²) in [5, 5.41) is 0. The molecule has 0 aromatic heterocycles. The van der Waals surface area contributed by atoms with Gasteiger partial charge in [0.15, 0.2) is 0 Å². The Bertz CT molecular complexity index is 147. The zero-order valence-electron chi connectivity index (χ0n) is 4.19. The van der Waals surface area contributed by atoms with Crippen LogP contribution in [0.2, 0.25) is 0 Å². The molecule has 0 amide bonds. The van der Waals surface area contributed by atoms with E-state index in [1.807, 2.05) is 18.2 Å². The summed E-state index contributed by atoms with van der Waals surface area (Å²) in [4.78, 5) is 0. The molecule has 2 heteroatoms. The normalized spacial score (nSPS) is 9.12. The number of hydrogen-bond donors (Lipinski definition) is 1. The van der Waals surface area contributed by atoms with E-state index in [9.17, 15) is 0 Å². The Morgan fingerprint density at radius 2 is 2.25 bits per heavy atom. The van der Waals surface area contributed by atoms with E-state index in [-0.39, 0.29) is 0 Å². The van der Waals surface area contributed by atoms with Crippen LogP contribution in [-0.4, -0.2) is 0 Å². The Hall–Kier alpha value is -0.250. The minimum Gasteiger partial charge on any atom is -0.398 e. The van der Waals surface area contributed by atoms with Gasteiger partial charge in [0.1, 0.15) is 0 Å². The van der Waals surface area contributed by atoms with Gasteiger partial charge in [0.05, 0.1) is 0 Å². The number of benzene rings is 1. The topological polar surface area (TPSA) is 26.0 Å². The van der Waals surface area contributed by atoms with Gasteiger partial charge in [-0.05, 0) is 40.8 Å². The molecule has 0 unspecified atom stereocenters. The van der Waals surface area contributed by atoms with Gasteiger partial charge in [0.25, 0.3) is 0 Å². The van der Waals surface area contributed by atoms with Gasteiger partial charge >= 0.3 is 0 Å². The molecule has 1 nitrogen and oxygen atoms in total. The zero-order valence-corrected chi connectivity index (χ0v) is 6.34. The third-order valence-corrected chi connectivity index (χ3v) is 1.47. The van der Waals surface area contributed by atoms with Crippen LogP contribution in [0.5, 0.6) is 0 Å². The van der Waals surface area contributed by atoms with Gasteiger partial charge in [-0.25, -0.2) is 0 Å². The first-order chi connectivity index (χ1) is 3.79. The molecule has 0 bridgehead atoms. The van der Waals surface area contributed by atoms with Crippen molar-refractivity contribution in [2.75, 3.05) is 5.73 Å². The van der Waals surface area contributed by atoms with E-state index in [0.717, 1.165) is 3.57 Å². The quantitative estimate of drug-likeness (QED) is 0.520. The maximum absolute atomic E-state index is 5.37. The van der Waals surface area contributed by atoms with Crippen LogP contribution >= 0.6 is 22.6 Å². The molecule has 2 N–H and O–H groups in total. The van der Waals surface area contributed by atoms with Gasteiger partial charge < -0.3 is 5.73 Å². The van der Waals surface area contributed by atoms with Crippen LogP contribution in [0.3, 0.4) is 0 Å². The molecule has 1 radical (unpaired) electrons. The number of halogens is 1. The van der Waals surface area contributed by atoms with E-state index in [1.54, 1.807) is 0 Å². The molecular weight excluding hydrogens is 213 g/mol. The lowest BCUT2D eigenvalue weighted by molar-refractivity contribution is 1.62. The summed E-state index contributed by atoms with van der Waals surface area (Å²) in [6.45, 7) is 0. The zero-order chi connectivity index (χ0) is 5.98. The molecule has 0 fully saturated rings. The van der Waals surface area contributed by atoms with Gasteiger partial charge in [0.2, 0.25) is 0 Å². The Labute approximate surface area is 62.0 Å². The fraction of sp³-hybridized carbons (Fsp3) is 0. The lowest BCUT2D eigenvalue weighted by atomic mass is 10.3. The summed E-state index contributed by atoms with van der Waals surface area (Å²) >= 11 is 2.21. The van der Waals surface area contributed by atoms with Gasteiger partial charge in [-0.1, -0.05) is 0 Å². The first kappa shape index (κ1) is 5.88. The number of nitrogens with two attached hydrogens (primary N) is 1. The Balaban J connectivity index is 3.03. The molecule has 0 aliphatic heterocycles. The second-order valence-corrected chi connectivity index (χ2v) is 2.71. The average molecular weight is 218 g/mol. The van der Waals surface area contributed by atoms with Crippen molar-refractivity contribution < 1.29 is 0 Å². The van der Waals surface area contributed by atoms with Crippen LogP contribution in [-0.2, 0) is 0 Å². The Morgan fingerprint density at radius 1 is 1.50 bits per heavy atom. The fourth-order valence-electron chi connectivity index (χ4n) is 0.418. The molecule has 8 heavy (non-hydrogen) atoms. The predicted molar refractivity (Wildman–Crippen MR) is 42.4 cm³/mol. The molecule has 0 heterocycles. The highest BCUT2D eigenvalue weighted by Crippen LogP contribution is 2.05. The first-order valence-corrected chi connectivity index (χ1v) is 3.29. The average Bonchev–Trinajstić information content (AvgIpc) is 1.77. The van der Waals surface area contributed by atoms with Crippen LogP contribution in [0.15, 0.2) is 18.2 Å². The van der Waals surface area contributed by atoms with E-state index in [1.165, 1.54) is 0 Å². The molecule has 0 aliphatic rings. The fourth-order valence-corrected chi connectivity index (χ4v) is 0.753. The van der Waals surface area contributed by atoms with E-state index in [2.05, 4.69) is 28.7 Å². The second-order valence-electron chi connectivity index (χ2n) is 1.46. The standard InChI is InChI=1S/C6H5IN/c7-5-1-3-6(8)4-2-5/h1-3H,8H2. The van der Waals surface area contributed by atoms with Crippen molar-refractivity contribution in [2.45, 2.75) is 0 Å². The van der Waals surface area contributed by atoms with Gasteiger partial charge in [-0.3, -0.25) is 0 Å². The largest absolute Gasteiger partial charge is 0.398 e. The minimum atomic E-state index is 0.699. The van der Waals surface area contributed by atoms with Crippen molar-refractivity contribution in [3.63, 3.8) is 0 Å². The van der Waals surface area contributed by atoms with Crippen molar-refractivity contribution in [2.24, 2.45) is 0 Å². The molecule has 1 aromatic rings. The SMILES string of the molecule is Nc1[c]cc(I)cc1. The van der Waals surface area contributed by atoms with Gasteiger partial charge in [0, 0.05) is 15.3 Å². The monoisotopic (exact) mass is 218 g/mol. The highest BCUT2D eigenvalue weighted by Gasteiger charge is 1.82. The lowest BCUT2D eigenvalue weighted by Crippen LogP contribution is -1.82. The molecular formula is C6H5IN. The van der Waals surface area contributed by atoms with Crippen LogP contribution in [0.25, 0.3) is 0 Å². The van der Waals surface area contributed by atoms with Crippen LogP contribution in [0, 0.1) is 9.64 Å². The summed E-state index contributed by atoms with van der Waals surface area (Å²) in [5.41, 5.74) is 6.07. The highest BCUT2D eigenvalue weighted by atomic mass is 127. The van der Waals surface area contributed by atoms with Crippen molar-refractivity contribution in [1.29, 1.82) is 0 Å². The maximum Gasteiger partial charge on any atom is 0.0395 e. The molecule has 1 rings (SSSR count). The van der Waals surface area contributed by atoms with E-state index in [0.29, 0.717) is 5.69 Å². The molecule has 0 spiro atoms. The van der Waals surface area contributed by atoms with E-state index >= 15 is 0 Å². The van der Waals surface area contributed by atoms with Crippen molar-refractivity contribution in [3.8, 4) is 0 Å². The van der Waals surface area contributed by atoms with Crippen LogP contribution in [0.4, 0.5) is 5.69 Å². The summed E-state index contributed by atoms with van der Waals surface area (Å²) in [6.07, 6.45) is 0. The van der Waals surface area contributed by atoms with Crippen molar-refractivity contribution in [1.82, 2.24) is 0 Å². The van der Waals surface area contributed by atoms with E-state index in [4.69, 9.17) is 5.73 Å². The summed E-state index contributed by atoms with van der Waals surface area (Å²) in [6, 6.07) is 8.51. The first-order valence-electron chi connectivity index (χ1n) is 2.22. The van der Waals surface area contributed by atoms with Crippen molar-refractivity contribution >= 4 is 28.3 Å². The number of nitrogen functional groups attached to an aromatic ring is 1. The minimum absolute atomic E-state index is 0.699. The number of hydrogen-bond acceptors (Lipinski definition) is 1. The molecule has 1 aromatic carbocycles. The predicted octanol–water partition coefficient (Wildman–Crippen LogP) is 1.67. The molecule has 41 valence electrons. The second kappa shape index (κ2) is 2.35. The maximum atomic E-state index is 5.37. The molecule has 0 saturated heterocycles. The lowest BCUT2D eigenvalue weighted by Gasteiger charge is -1.88. The Kier molecular flexibility index (Phi) is 1.73. The van der Waals surface area contributed by atoms with Gasteiger partial charge in [-0.15, -0.1) is 0 Å². The molecule has 0 saturated carbocycles. The third-order valence-electron chi connectivity index (χ3n) is 0.799. The number of anilines is 1. The molecule has 0 atom stereocenters. The van der Waals surface area contributed by atoms with Crippen LogP contribution in [0.1, 0.15) is 0 Å². The summed E-state index contributed by atoms with van der Waals surface area (Å²) in [7, 11) is 0. The highest BCUT2D eigenvalue weighted by molar-refractivity contribution is 14.1. The summed E-state index contributed by atoms with van der Waals surface area (Å²) < 4.78 is 1.16. The van der Waals surface area contributed by atoms with E-state index < -0.39 is 0 Å². The third kappa shape index (κ3) is 1.36.